The molecule has 1 heterocycles. The summed E-state index contributed by atoms with van der Waals surface area (Å²) < 4.78 is 4.90. The van der Waals surface area contributed by atoms with Crippen LogP contribution in [0.4, 0.5) is 0 Å². The lowest BCUT2D eigenvalue weighted by atomic mass is 10.4. The lowest BCUT2D eigenvalue weighted by Crippen LogP contribution is -1.94. The van der Waals surface area contributed by atoms with Gasteiger partial charge in [0, 0.05) is 12.3 Å². The van der Waals surface area contributed by atoms with Gasteiger partial charge in [-0.2, -0.15) is 0 Å². The van der Waals surface area contributed by atoms with Crippen LogP contribution in [0.1, 0.15) is 0 Å². The van der Waals surface area contributed by atoms with Crippen molar-refractivity contribution in [2.75, 3.05) is 7.11 Å². The summed E-state index contributed by atoms with van der Waals surface area (Å²) in [6.45, 7) is 0. The van der Waals surface area contributed by atoms with E-state index in [0.29, 0.717) is 5.90 Å². The van der Waals surface area contributed by atoms with Crippen LogP contribution in [0.15, 0.2) is 41.6 Å². The molecule has 0 atom stereocenters. The Labute approximate surface area is 60.2 Å². The zero-order chi connectivity index (χ0) is 7.23. The van der Waals surface area contributed by atoms with Gasteiger partial charge in [0.05, 0.1) is 7.11 Å². The minimum atomic E-state index is 0.626. The van der Waals surface area contributed by atoms with E-state index in [1.54, 1.807) is 19.4 Å². The average Bonchev–Trinajstić information content (AvgIpc) is 1.87. The molecule has 0 aliphatic carbocycles. The Morgan fingerprint density at radius 2 is 2.00 bits per heavy atom. The van der Waals surface area contributed by atoms with Crippen molar-refractivity contribution in [3.63, 3.8) is 0 Å². The van der Waals surface area contributed by atoms with Crippen molar-refractivity contribution in [2.24, 2.45) is 4.99 Å². The first kappa shape index (κ1) is 6.81. The van der Waals surface area contributed by atoms with E-state index >= 15 is 0 Å². The number of allylic oxidation sites excluding steroid dienone is 4. The summed E-state index contributed by atoms with van der Waals surface area (Å²) in [7, 11) is 1.60. The van der Waals surface area contributed by atoms with Crippen molar-refractivity contribution in [3.05, 3.63) is 36.6 Å². The monoisotopic (exact) mass is 135 g/mol. The van der Waals surface area contributed by atoms with E-state index < -0.39 is 0 Å². The topological polar surface area (TPSA) is 21.6 Å². The number of hydrogen-bond donors (Lipinski definition) is 0. The maximum absolute atomic E-state index is 4.90. The van der Waals surface area contributed by atoms with Crippen LogP contribution in [0.2, 0.25) is 0 Å². The molecule has 1 aliphatic rings. The Morgan fingerprint density at radius 1 is 1.20 bits per heavy atom. The molecule has 2 nitrogen and oxygen atoms in total. The number of ether oxygens (including phenoxy) is 1. The third-order valence-corrected chi connectivity index (χ3v) is 1.07. The van der Waals surface area contributed by atoms with E-state index in [4.69, 9.17) is 4.74 Å². The summed E-state index contributed by atoms with van der Waals surface area (Å²) >= 11 is 0. The molecular formula is C8H9NO. The van der Waals surface area contributed by atoms with Crippen LogP contribution < -0.4 is 0 Å². The van der Waals surface area contributed by atoms with Crippen molar-refractivity contribution in [3.8, 4) is 0 Å². The fourth-order valence-corrected chi connectivity index (χ4v) is 0.596. The largest absolute Gasteiger partial charge is 0.481 e. The molecular weight excluding hydrogens is 126 g/mol. The SMILES string of the molecule is COC1=N/C=C\C=C/C=C\1. The van der Waals surface area contributed by atoms with Crippen LogP contribution in [0.25, 0.3) is 0 Å². The van der Waals surface area contributed by atoms with E-state index in [9.17, 15) is 0 Å². The second-order valence-electron chi connectivity index (χ2n) is 1.76. The van der Waals surface area contributed by atoms with Gasteiger partial charge >= 0.3 is 0 Å². The second kappa shape index (κ2) is 3.67. The Balaban J connectivity index is 2.73. The fraction of sp³-hybridized carbons (Fsp3) is 0.125. The zero-order valence-electron chi connectivity index (χ0n) is 5.82. The predicted molar refractivity (Wildman–Crippen MR) is 41.9 cm³/mol. The first-order valence-electron chi connectivity index (χ1n) is 3.05. The normalized spacial score (nSPS) is 30.7. The van der Waals surface area contributed by atoms with Gasteiger partial charge in [-0.3, -0.25) is 0 Å². The van der Waals surface area contributed by atoms with Gasteiger partial charge in [-0.05, 0) is 6.08 Å². The number of hydrogen-bond acceptors (Lipinski definition) is 2. The lowest BCUT2D eigenvalue weighted by molar-refractivity contribution is 0.407. The van der Waals surface area contributed by atoms with E-state index in [1.165, 1.54) is 0 Å². The number of rotatable bonds is 0. The zero-order valence-corrected chi connectivity index (χ0v) is 5.82. The van der Waals surface area contributed by atoms with Gasteiger partial charge in [0.1, 0.15) is 0 Å². The molecule has 1 rings (SSSR count). The summed E-state index contributed by atoms with van der Waals surface area (Å²) in [4.78, 5) is 3.98. The third-order valence-electron chi connectivity index (χ3n) is 1.07. The molecule has 52 valence electrons. The van der Waals surface area contributed by atoms with Crippen LogP contribution in [0, 0.1) is 0 Å². The molecule has 0 radical (unpaired) electrons. The Morgan fingerprint density at radius 3 is 2.80 bits per heavy atom. The number of aliphatic imine (C=N–C) groups is 1. The molecule has 0 saturated carbocycles. The molecule has 0 N–H and O–H groups in total. The predicted octanol–water partition coefficient (Wildman–Crippen LogP) is 1.67. The van der Waals surface area contributed by atoms with Crippen molar-refractivity contribution >= 4 is 5.90 Å². The standard InChI is InChI=1S/C8H9NO/c1-10-8-6-4-2-3-5-7-9-8/h2-7H,1H3/b3-2-,4-2?,5-3?,6-4-,7-5-,8-6?,9-7?,9-8+. The summed E-state index contributed by atoms with van der Waals surface area (Å²) in [5.74, 6) is 0.626. The van der Waals surface area contributed by atoms with Gasteiger partial charge in [-0.1, -0.05) is 18.2 Å². The second-order valence-corrected chi connectivity index (χ2v) is 1.76. The van der Waals surface area contributed by atoms with Crippen molar-refractivity contribution in [1.82, 2.24) is 0 Å². The molecule has 2 heteroatoms. The number of nitrogens with zero attached hydrogens (tertiary/aromatic N) is 1. The van der Waals surface area contributed by atoms with E-state index in [-0.39, 0.29) is 0 Å². The van der Waals surface area contributed by atoms with Crippen LogP contribution in [0.5, 0.6) is 0 Å². The molecule has 0 amide bonds. The maximum Gasteiger partial charge on any atom is 0.212 e. The van der Waals surface area contributed by atoms with Crippen LogP contribution in [-0.2, 0) is 4.74 Å². The molecule has 10 heavy (non-hydrogen) atoms. The minimum Gasteiger partial charge on any atom is -0.481 e. The van der Waals surface area contributed by atoms with E-state index in [2.05, 4.69) is 4.99 Å². The summed E-state index contributed by atoms with van der Waals surface area (Å²) in [5.41, 5.74) is 0. The van der Waals surface area contributed by atoms with Gasteiger partial charge in [-0.15, -0.1) is 0 Å². The molecule has 0 unspecified atom stereocenters. The summed E-state index contributed by atoms with van der Waals surface area (Å²) in [5, 5.41) is 0. The smallest absolute Gasteiger partial charge is 0.212 e. The molecule has 0 aromatic heterocycles. The average molecular weight is 135 g/mol. The lowest BCUT2D eigenvalue weighted by Gasteiger charge is -1.95. The number of methoxy groups -OCH3 is 1. The van der Waals surface area contributed by atoms with Crippen molar-refractivity contribution in [2.45, 2.75) is 0 Å². The summed E-state index contributed by atoms with van der Waals surface area (Å²) in [6.07, 6.45) is 11.1. The van der Waals surface area contributed by atoms with Gasteiger partial charge in [0.2, 0.25) is 5.90 Å². The molecule has 0 bridgehead atoms. The molecule has 0 fully saturated rings. The van der Waals surface area contributed by atoms with Crippen LogP contribution >= 0.6 is 0 Å². The van der Waals surface area contributed by atoms with Gasteiger partial charge in [0.25, 0.3) is 0 Å². The maximum atomic E-state index is 4.90. The van der Waals surface area contributed by atoms with E-state index in [0.717, 1.165) is 0 Å². The minimum absolute atomic E-state index is 0.626. The first-order chi connectivity index (χ1) is 4.93. The highest BCUT2D eigenvalue weighted by atomic mass is 16.5. The Kier molecular flexibility index (Phi) is 2.49. The fourth-order valence-electron chi connectivity index (χ4n) is 0.596. The molecule has 0 aromatic rings. The van der Waals surface area contributed by atoms with Crippen molar-refractivity contribution in [1.29, 1.82) is 0 Å². The van der Waals surface area contributed by atoms with Crippen molar-refractivity contribution < 1.29 is 4.74 Å². The van der Waals surface area contributed by atoms with Gasteiger partial charge in [0.15, 0.2) is 0 Å². The van der Waals surface area contributed by atoms with Gasteiger partial charge in [-0.25, -0.2) is 4.99 Å². The van der Waals surface area contributed by atoms with Crippen LogP contribution in [-0.4, -0.2) is 13.0 Å². The Hall–Kier alpha value is -1.31. The first-order valence-corrected chi connectivity index (χ1v) is 3.05. The highest BCUT2D eigenvalue weighted by Gasteiger charge is 1.86. The molecule has 0 aromatic carbocycles. The molecule has 1 aliphatic heterocycles. The van der Waals surface area contributed by atoms with Crippen LogP contribution in [0.3, 0.4) is 0 Å². The quantitative estimate of drug-likeness (QED) is 0.495. The summed E-state index contributed by atoms with van der Waals surface area (Å²) in [6, 6.07) is 0. The third kappa shape index (κ3) is 1.90. The van der Waals surface area contributed by atoms with Gasteiger partial charge < -0.3 is 4.74 Å². The molecule has 0 spiro atoms. The van der Waals surface area contributed by atoms with E-state index in [1.807, 2.05) is 24.3 Å². The molecule has 0 saturated heterocycles. The highest BCUT2D eigenvalue weighted by Crippen LogP contribution is 1.91. The Bertz CT molecular complexity index is 211. The highest BCUT2D eigenvalue weighted by molar-refractivity contribution is 5.88.